The number of hydrogen-bond acceptors (Lipinski definition) is 4. The first kappa shape index (κ1) is 13.6. The van der Waals surface area contributed by atoms with Crippen LogP contribution in [0.2, 0.25) is 0 Å². The van der Waals surface area contributed by atoms with Gasteiger partial charge in [-0.3, -0.25) is 10.2 Å². The van der Waals surface area contributed by atoms with Gasteiger partial charge in [-0.15, -0.1) is 0 Å². The largest absolute Gasteiger partial charge is 0.486 e. The van der Waals surface area contributed by atoms with Crippen LogP contribution in [0.15, 0.2) is 39.4 Å². The van der Waals surface area contributed by atoms with E-state index in [-0.39, 0.29) is 12.2 Å². The number of hydrazine groups is 1. The summed E-state index contributed by atoms with van der Waals surface area (Å²) in [6.07, 6.45) is 1.35. The molecule has 0 aliphatic carbocycles. The quantitative estimate of drug-likeness (QED) is 0.513. The van der Waals surface area contributed by atoms with E-state index in [4.69, 9.17) is 15.0 Å². The molecule has 0 atom stereocenters. The number of benzene rings is 1. The molecule has 0 aliphatic heterocycles. The van der Waals surface area contributed by atoms with E-state index in [0.29, 0.717) is 16.0 Å². The van der Waals surface area contributed by atoms with Crippen LogP contribution < -0.4 is 16.0 Å². The van der Waals surface area contributed by atoms with Gasteiger partial charge in [0.1, 0.15) is 18.2 Å². The second-order valence-corrected chi connectivity index (χ2v) is 4.45. The molecule has 1 amide bonds. The lowest BCUT2D eigenvalue weighted by atomic mass is 10.2. The van der Waals surface area contributed by atoms with Gasteiger partial charge < -0.3 is 9.15 Å². The van der Waals surface area contributed by atoms with Crippen LogP contribution in [-0.4, -0.2) is 5.91 Å². The number of furan rings is 1. The van der Waals surface area contributed by atoms with E-state index in [2.05, 4.69) is 15.9 Å². The van der Waals surface area contributed by atoms with Gasteiger partial charge in [-0.25, -0.2) is 10.2 Å². The van der Waals surface area contributed by atoms with E-state index in [1.54, 1.807) is 6.07 Å². The predicted molar refractivity (Wildman–Crippen MR) is 68.8 cm³/mol. The average Bonchev–Trinajstić information content (AvgIpc) is 2.87. The van der Waals surface area contributed by atoms with E-state index >= 15 is 0 Å². The molecule has 1 aromatic carbocycles. The highest BCUT2D eigenvalue weighted by molar-refractivity contribution is 9.10. The molecule has 0 spiro atoms. The van der Waals surface area contributed by atoms with Gasteiger partial charge in [-0.05, 0) is 34.1 Å². The molecule has 100 valence electrons. The maximum Gasteiger partial charge on any atom is 0.268 e. The van der Waals surface area contributed by atoms with Gasteiger partial charge in [0.15, 0.2) is 5.76 Å². The zero-order valence-electron chi connectivity index (χ0n) is 9.65. The highest BCUT2D eigenvalue weighted by Crippen LogP contribution is 2.22. The van der Waals surface area contributed by atoms with Crippen molar-refractivity contribution in [2.45, 2.75) is 6.61 Å². The SMILES string of the molecule is NNC(=O)c1ccoc1COc1ccc(Br)c(F)c1. The Kier molecular flexibility index (Phi) is 4.18. The molecule has 5 nitrogen and oxygen atoms in total. The molecule has 0 fully saturated rings. The molecule has 0 unspecified atom stereocenters. The van der Waals surface area contributed by atoms with Crippen LogP contribution in [0.25, 0.3) is 0 Å². The van der Waals surface area contributed by atoms with Crippen molar-refractivity contribution in [2.75, 3.05) is 0 Å². The Bertz CT molecular complexity index is 600. The van der Waals surface area contributed by atoms with Gasteiger partial charge in [0.25, 0.3) is 5.91 Å². The molecule has 19 heavy (non-hydrogen) atoms. The minimum Gasteiger partial charge on any atom is -0.486 e. The van der Waals surface area contributed by atoms with Gasteiger partial charge in [0.2, 0.25) is 0 Å². The average molecular weight is 329 g/mol. The van der Waals surface area contributed by atoms with Crippen molar-refractivity contribution in [3.63, 3.8) is 0 Å². The van der Waals surface area contributed by atoms with Crippen molar-refractivity contribution in [2.24, 2.45) is 5.84 Å². The molecule has 2 rings (SSSR count). The molecule has 3 N–H and O–H groups in total. The minimum atomic E-state index is -0.477. The summed E-state index contributed by atoms with van der Waals surface area (Å²) >= 11 is 3.04. The maximum atomic E-state index is 13.3. The summed E-state index contributed by atoms with van der Waals surface area (Å²) in [4.78, 5) is 11.4. The fourth-order valence-electron chi connectivity index (χ4n) is 1.45. The second-order valence-electron chi connectivity index (χ2n) is 3.60. The van der Waals surface area contributed by atoms with E-state index in [1.807, 2.05) is 5.43 Å². The Labute approximate surface area is 116 Å². The second kappa shape index (κ2) is 5.85. The molecule has 0 radical (unpaired) electrons. The van der Waals surface area contributed by atoms with Gasteiger partial charge in [-0.1, -0.05) is 0 Å². The fourth-order valence-corrected chi connectivity index (χ4v) is 1.69. The van der Waals surface area contributed by atoms with Crippen LogP contribution in [0.5, 0.6) is 5.75 Å². The number of halogens is 2. The molecule has 1 aromatic heterocycles. The summed E-state index contributed by atoms with van der Waals surface area (Å²) in [6, 6.07) is 5.83. The lowest BCUT2D eigenvalue weighted by Crippen LogP contribution is -2.30. The molecular formula is C12H10BrFN2O3. The molecule has 0 bridgehead atoms. The lowest BCUT2D eigenvalue weighted by molar-refractivity contribution is 0.0949. The fraction of sp³-hybridized carbons (Fsp3) is 0.0833. The first-order valence-corrected chi connectivity index (χ1v) is 6.06. The summed E-state index contributed by atoms with van der Waals surface area (Å²) in [5.41, 5.74) is 2.28. The van der Waals surface area contributed by atoms with Crippen LogP contribution in [0.1, 0.15) is 16.1 Å². The van der Waals surface area contributed by atoms with Crippen molar-refractivity contribution in [1.29, 1.82) is 0 Å². The Balaban J connectivity index is 2.08. The number of amides is 1. The molecule has 0 saturated carbocycles. The van der Waals surface area contributed by atoms with E-state index < -0.39 is 11.7 Å². The summed E-state index contributed by atoms with van der Waals surface area (Å²) in [5.74, 6) is 4.77. The van der Waals surface area contributed by atoms with Crippen molar-refractivity contribution < 1.29 is 18.3 Å². The number of rotatable bonds is 4. The van der Waals surface area contributed by atoms with E-state index in [1.165, 1.54) is 24.5 Å². The molecule has 7 heteroatoms. The molecule has 0 aliphatic rings. The zero-order valence-corrected chi connectivity index (χ0v) is 11.2. The Morgan fingerprint density at radius 1 is 1.47 bits per heavy atom. The number of nitrogens with one attached hydrogen (secondary N) is 1. The van der Waals surface area contributed by atoms with Crippen molar-refractivity contribution in [1.82, 2.24) is 5.43 Å². The standard InChI is InChI=1S/C12H10BrFN2O3/c13-9-2-1-7(5-10(9)14)19-6-11-8(3-4-18-11)12(17)16-15/h1-5H,6,15H2,(H,16,17). The van der Waals surface area contributed by atoms with Crippen LogP contribution in [-0.2, 0) is 6.61 Å². The topological polar surface area (TPSA) is 77.5 Å². The summed E-state index contributed by atoms with van der Waals surface area (Å²) in [5, 5.41) is 0. The van der Waals surface area contributed by atoms with E-state index in [0.717, 1.165) is 0 Å². The zero-order chi connectivity index (χ0) is 13.8. The highest BCUT2D eigenvalue weighted by atomic mass is 79.9. The number of nitrogens with two attached hydrogens (primary N) is 1. The molecule has 2 aromatic rings. The number of hydrogen-bond donors (Lipinski definition) is 2. The first-order chi connectivity index (χ1) is 9.11. The van der Waals surface area contributed by atoms with Crippen LogP contribution in [0.3, 0.4) is 0 Å². The Hall–Kier alpha value is -1.86. The van der Waals surface area contributed by atoms with Gasteiger partial charge in [0, 0.05) is 6.07 Å². The Morgan fingerprint density at radius 3 is 2.95 bits per heavy atom. The molecule has 1 heterocycles. The maximum absolute atomic E-state index is 13.3. The van der Waals surface area contributed by atoms with Gasteiger partial charge in [-0.2, -0.15) is 0 Å². The third kappa shape index (κ3) is 3.12. The highest BCUT2D eigenvalue weighted by Gasteiger charge is 2.14. The summed E-state index contributed by atoms with van der Waals surface area (Å²) in [7, 11) is 0. The van der Waals surface area contributed by atoms with Crippen molar-refractivity contribution in [3.8, 4) is 5.75 Å². The monoisotopic (exact) mass is 328 g/mol. The van der Waals surface area contributed by atoms with E-state index in [9.17, 15) is 9.18 Å². The first-order valence-electron chi connectivity index (χ1n) is 5.27. The van der Waals surface area contributed by atoms with Gasteiger partial charge >= 0.3 is 0 Å². The third-order valence-electron chi connectivity index (χ3n) is 2.38. The van der Waals surface area contributed by atoms with Crippen LogP contribution >= 0.6 is 15.9 Å². The number of nitrogen functional groups attached to an aromatic ring is 1. The summed E-state index contributed by atoms with van der Waals surface area (Å²) in [6.45, 7) is -0.00315. The lowest BCUT2D eigenvalue weighted by Gasteiger charge is -2.06. The number of carbonyl (C=O) groups is 1. The van der Waals surface area contributed by atoms with Crippen molar-refractivity contribution in [3.05, 3.63) is 52.1 Å². The normalized spacial score (nSPS) is 10.3. The minimum absolute atomic E-state index is 0.00315. The third-order valence-corrected chi connectivity index (χ3v) is 3.03. The summed E-state index contributed by atoms with van der Waals surface area (Å²) < 4.78 is 24.1. The van der Waals surface area contributed by atoms with Crippen molar-refractivity contribution >= 4 is 21.8 Å². The smallest absolute Gasteiger partial charge is 0.268 e. The van der Waals surface area contributed by atoms with Gasteiger partial charge in [0.05, 0.1) is 16.3 Å². The van der Waals surface area contributed by atoms with Crippen LogP contribution in [0, 0.1) is 5.82 Å². The predicted octanol–water partition coefficient (Wildman–Crippen LogP) is 2.36. The molecule has 0 saturated heterocycles. The number of carbonyl (C=O) groups excluding carboxylic acids is 1. The van der Waals surface area contributed by atoms with Crippen LogP contribution in [0.4, 0.5) is 4.39 Å². The molecular weight excluding hydrogens is 319 g/mol. The number of ether oxygens (including phenoxy) is 1. The Morgan fingerprint density at radius 2 is 2.26 bits per heavy atom.